The number of nitrogens with zero attached hydrogens (tertiary/aromatic N) is 1. The molecule has 172 valence electrons. The monoisotopic (exact) mass is 456 g/mol. The highest BCUT2D eigenvalue weighted by molar-refractivity contribution is 6.13. The number of fused-ring (bicyclic) bond motifs is 1. The van der Waals surface area contributed by atoms with Crippen LogP contribution >= 0.6 is 0 Å². The number of benzene rings is 3. The van der Waals surface area contributed by atoms with Gasteiger partial charge in [0.15, 0.2) is 0 Å². The van der Waals surface area contributed by atoms with Crippen molar-refractivity contribution in [1.29, 1.82) is 0 Å². The molecule has 0 fully saturated rings. The summed E-state index contributed by atoms with van der Waals surface area (Å²) in [5, 5.41) is 3.64. The van der Waals surface area contributed by atoms with E-state index in [0.717, 1.165) is 16.5 Å². The van der Waals surface area contributed by atoms with E-state index in [4.69, 9.17) is 9.72 Å². The molecule has 5 nitrogen and oxygen atoms in total. The molecule has 0 saturated heterocycles. The Bertz CT molecular complexity index is 1380. The minimum atomic E-state index is -0.414. The lowest BCUT2D eigenvalue weighted by atomic mass is 9.99. The van der Waals surface area contributed by atoms with Crippen molar-refractivity contribution < 1.29 is 18.7 Å². The second kappa shape index (κ2) is 9.43. The third-order valence-corrected chi connectivity index (χ3v) is 5.35. The molecule has 0 radical (unpaired) electrons. The molecule has 6 heteroatoms. The first-order valence-corrected chi connectivity index (χ1v) is 11.0. The van der Waals surface area contributed by atoms with Crippen molar-refractivity contribution in [3.05, 3.63) is 94.8 Å². The van der Waals surface area contributed by atoms with Gasteiger partial charge in [-0.2, -0.15) is 0 Å². The van der Waals surface area contributed by atoms with E-state index in [9.17, 15) is 14.0 Å². The van der Waals surface area contributed by atoms with Gasteiger partial charge >= 0.3 is 5.97 Å². The first-order chi connectivity index (χ1) is 16.2. The van der Waals surface area contributed by atoms with Gasteiger partial charge in [0.25, 0.3) is 5.91 Å². The van der Waals surface area contributed by atoms with Crippen molar-refractivity contribution in [2.24, 2.45) is 0 Å². The van der Waals surface area contributed by atoms with Gasteiger partial charge in [-0.25, -0.2) is 14.2 Å². The van der Waals surface area contributed by atoms with Crippen LogP contribution in [-0.4, -0.2) is 23.0 Å². The number of amides is 1. The van der Waals surface area contributed by atoms with Crippen molar-refractivity contribution in [1.82, 2.24) is 4.98 Å². The largest absolute Gasteiger partial charge is 0.459 e. The Kier molecular flexibility index (Phi) is 6.41. The molecule has 1 aromatic heterocycles. The number of carbonyl (C=O) groups excluding carboxylic acids is 2. The lowest BCUT2D eigenvalue weighted by Crippen LogP contribution is -2.14. The lowest BCUT2D eigenvalue weighted by Gasteiger charge is -2.13. The van der Waals surface area contributed by atoms with Gasteiger partial charge in [-0.15, -0.1) is 0 Å². The minimum Gasteiger partial charge on any atom is -0.459 e. The Morgan fingerprint density at radius 3 is 2.26 bits per heavy atom. The summed E-state index contributed by atoms with van der Waals surface area (Å²) in [6.45, 7) is 7.49. The summed E-state index contributed by atoms with van der Waals surface area (Å²) in [5.74, 6) is -1.06. The van der Waals surface area contributed by atoms with Crippen molar-refractivity contribution in [3.8, 4) is 11.3 Å². The Hall–Kier alpha value is -4.06. The van der Waals surface area contributed by atoms with Crippen molar-refractivity contribution in [2.75, 3.05) is 5.32 Å². The van der Waals surface area contributed by atoms with E-state index in [1.165, 1.54) is 12.1 Å². The highest BCUT2D eigenvalue weighted by Crippen LogP contribution is 2.29. The second-order valence-corrected chi connectivity index (χ2v) is 8.53. The van der Waals surface area contributed by atoms with Crippen LogP contribution < -0.4 is 5.32 Å². The van der Waals surface area contributed by atoms with Crippen molar-refractivity contribution >= 4 is 28.5 Å². The molecule has 0 aliphatic heterocycles. The number of anilines is 1. The predicted octanol–water partition coefficient (Wildman–Crippen LogP) is 6.48. The number of aryl methyl sites for hydroxylation is 2. The van der Waals surface area contributed by atoms with E-state index >= 15 is 0 Å². The van der Waals surface area contributed by atoms with Gasteiger partial charge in [0.1, 0.15) is 5.82 Å². The summed E-state index contributed by atoms with van der Waals surface area (Å²) >= 11 is 0. The molecule has 0 unspecified atom stereocenters. The summed E-state index contributed by atoms with van der Waals surface area (Å²) in [6.07, 6.45) is -0.214. The zero-order chi connectivity index (χ0) is 24.4. The number of aromatic nitrogens is 1. The number of ether oxygens (including phenoxy) is 1. The molecule has 4 rings (SSSR count). The Morgan fingerprint density at radius 1 is 0.941 bits per heavy atom. The summed E-state index contributed by atoms with van der Waals surface area (Å²) in [6, 6.07) is 18.2. The minimum absolute atomic E-state index is 0.214. The fourth-order valence-corrected chi connectivity index (χ4v) is 3.81. The SMILES string of the molecule is Cc1cc(C)c2nc(-c3ccc(F)cc3)cc(C(=O)Nc3ccc(C(=O)OC(C)C)cc3)c2c1. The first kappa shape index (κ1) is 23.1. The summed E-state index contributed by atoms with van der Waals surface area (Å²) in [7, 11) is 0. The van der Waals surface area contributed by atoms with Crippen LogP contribution in [0.2, 0.25) is 0 Å². The topological polar surface area (TPSA) is 68.3 Å². The van der Waals surface area contributed by atoms with Gasteiger partial charge < -0.3 is 10.1 Å². The predicted molar refractivity (Wildman–Crippen MR) is 132 cm³/mol. The van der Waals surface area contributed by atoms with Crippen molar-refractivity contribution in [3.63, 3.8) is 0 Å². The number of carbonyl (C=O) groups is 2. The molecule has 0 aliphatic rings. The van der Waals surface area contributed by atoms with E-state index in [1.54, 1.807) is 56.3 Å². The van der Waals surface area contributed by atoms with Crippen LogP contribution in [0.15, 0.2) is 66.7 Å². The lowest BCUT2D eigenvalue weighted by molar-refractivity contribution is 0.0378. The van der Waals surface area contributed by atoms with E-state index in [1.807, 2.05) is 26.0 Å². The number of hydrogen-bond donors (Lipinski definition) is 1. The average molecular weight is 457 g/mol. The fourth-order valence-electron chi connectivity index (χ4n) is 3.81. The second-order valence-electron chi connectivity index (χ2n) is 8.53. The first-order valence-electron chi connectivity index (χ1n) is 11.0. The molecule has 0 saturated carbocycles. The van der Waals surface area contributed by atoms with Crippen LogP contribution in [0.1, 0.15) is 45.7 Å². The summed E-state index contributed by atoms with van der Waals surface area (Å²) in [5.41, 5.74) is 5.38. The quantitative estimate of drug-likeness (QED) is 0.349. The molecule has 1 N–H and O–H groups in total. The van der Waals surface area contributed by atoms with Crippen LogP contribution in [0.3, 0.4) is 0 Å². The maximum atomic E-state index is 13.4. The van der Waals surface area contributed by atoms with Crippen LogP contribution in [-0.2, 0) is 4.74 Å². The molecule has 0 aliphatic carbocycles. The van der Waals surface area contributed by atoms with E-state index in [2.05, 4.69) is 5.32 Å². The molecule has 0 atom stereocenters. The molecule has 34 heavy (non-hydrogen) atoms. The zero-order valence-electron chi connectivity index (χ0n) is 19.5. The van der Waals surface area contributed by atoms with Gasteiger partial charge in [0, 0.05) is 16.6 Å². The molecule has 0 bridgehead atoms. The molecule has 4 aromatic rings. The van der Waals surface area contributed by atoms with Crippen LogP contribution in [0, 0.1) is 19.7 Å². The van der Waals surface area contributed by atoms with Gasteiger partial charge in [-0.3, -0.25) is 4.79 Å². The van der Waals surface area contributed by atoms with Crippen LogP contribution in [0.5, 0.6) is 0 Å². The zero-order valence-corrected chi connectivity index (χ0v) is 19.5. The Morgan fingerprint density at radius 2 is 1.62 bits per heavy atom. The number of rotatable bonds is 5. The molecule has 1 heterocycles. The third kappa shape index (κ3) is 4.96. The molecular formula is C28H25FN2O3. The van der Waals surface area contributed by atoms with Gasteiger partial charge in [0.2, 0.25) is 0 Å². The normalized spacial score (nSPS) is 11.0. The molecule has 0 spiro atoms. The van der Waals surface area contributed by atoms with Crippen molar-refractivity contribution in [2.45, 2.75) is 33.8 Å². The summed E-state index contributed by atoms with van der Waals surface area (Å²) < 4.78 is 18.6. The fraction of sp³-hybridized carbons (Fsp3) is 0.179. The van der Waals surface area contributed by atoms with Gasteiger partial charge in [-0.1, -0.05) is 11.6 Å². The van der Waals surface area contributed by atoms with E-state index in [-0.39, 0.29) is 17.8 Å². The number of hydrogen-bond acceptors (Lipinski definition) is 4. The molecule has 3 aromatic carbocycles. The maximum Gasteiger partial charge on any atom is 0.338 e. The van der Waals surface area contributed by atoms with E-state index < -0.39 is 5.97 Å². The summed E-state index contributed by atoms with van der Waals surface area (Å²) in [4.78, 5) is 30.2. The smallest absolute Gasteiger partial charge is 0.338 e. The van der Waals surface area contributed by atoms with Crippen LogP contribution in [0.25, 0.3) is 22.2 Å². The number of nitrogens with one attached hydrogen (secondary N) is 1. The standard InChI is InChI=1S/C28H25FN2O3/c1-16(2)34-28(33)20-7-11-22(12-8-20)30-27(32)24-15-25(19-5-9-21(29)10-6-19)31-26-18(4)13-17(3)14-23(24)26/h5-16H,1-4H3,(H,30,32). The maximum absolute atomic E-state index is 13.4. The third-order valence-electron chi connectivity index (χ3n) is 5.35. The van der Waals surface area contributed by atoms with Crippen LogP contribution in [0.4, 0.5) is 10.1 Å². The van der Waals surface area contributed by atoms with Gasteiger partial charge in [-0.05, 0) is 93.9 Å². The average Bonchev–Trinajstić information content (AvgIpc) is 2.79. The molecular weight excluding hydrogens is 431 g/mol. The number of esters is 1. The highest BCUT2D eigenvalue weighted by Gasteiger charge is 2.17. The van der Waals surface area contributed by atoms with Gasteiger partial charge in [0.05, 0.1) is 28.4 Å². The molecule has 1 amide bonds. The number of halogens is 1. The Labute approximate surface area is 197 Å². The highest BCUT2D eigenvalue weighted by atomic mass is 19.1. The number of pyridine rings is 1. The van der Waals surface area contributed by atoms with E-state index in [0.29, 0.717) is 33.6 Å². The Balaban J connectivity index is 1.71.